The highest BCUT2D eigenvalue weighted by Crippen LogP contribution is 2.26. The van der Waals surface area contributed by atoms with Crippen molar-refractivity contribution in [1.82, 2.24) is 4.98 Å². The van der Waals surface area contributed by atoms with Crippen molar-refractivity contribution in [3.63, 3.8) is 0 Å². The molecule has 0 radical (unpaired) electrons. The van der Waals surface area contributed by atoms with E-state index in [2.05, 4.69) is 11.9 Å². The van der Waals surface area contributed by atoms with Crippen LogP contribution in [-0.2, 0) is 4.74 Å². The van der Waals surface area contributed by atoms with Crippen LogP contribution < -0.4 is 4.74 Å². The van der Waals surface area contributed by atoms with Gasteiger partial charge in [0.05, 0.1) is 6.61 Å². The van der Waals surface area contributed by atoms with Gasteiger partial charge in [-0.3, -0.25) is 0 Å². The van der Waals surface area contributed by atoms with Gasteiger partial charge in [0.2, 0.25) is 0 Å². The minimum Gasteiger partial charge on any atom is -0.494 e. The molecule has 0 saturated heterocycles. The Balaban J connectivity index is 1.61. The van der Waals surface area contributed by atoms with E-state index in [1.165, 1.54) is 11.3 Å². The molecule has 0 amide bonds. The van der Waals surface area contributed by atoms with E-state index in [1.54, 1.807) is 5.38 Å². The summed E-state index contributed by atoms with van der Waals surface area (Å²) in [5.74, 6) is 0.455. The van der Waals surface area contributed by atoms with Gasteiger partial charge in [0.15, 0.2) is 5.69 Å². The number of esters is 1. The molecule has 1 aromatic carbocycles. The number of allylic oxidation sites excluding steroid dienone is 2. The maximum Gasteiger partial charge on any atom is 0.358 e. The summed E-state index contributed by atoms with van der Waals surface area (Å²) in [6, 6.07) is 7.74. The fraction of sp³-hybridized carbons (Fsp3) is 0.263. The molecule has 1 aliphatic rings. The van der Waals surface area contributed by atoms with E-state index in [-0.39, 0.29) is 5.97 Å². The lowest BCUT2D eigenvalue weighted by Crippen LogP contribution is -2.07. The smallest absolute Gasteiger partial charge is 0.358 e. The minimum atomic E-state index is -0.387. The second-order valence-electron chi connectivity index (χ2n) is 5.40. The van der Waals surface area contributed by atoms with Gasteiger partial charge in [-0.05, 0) is 42.7 Å². The predicted molar refractivity (Wildman–Crippen MR) is 95.5 cm³/mol. The van der Waals surface area contributed by atoms with E-state index in [4.69, 9.17) is 9.47 Å². The molecule has 5 heteroatoms. The van der Waals surface area contributed by atoms with Gasteiger partial charge in [0.1, 0.15) is 17.4 Å². The number of benzene rings is 1. The topological polar surface area (TPSA) is 48.4 Å². The van der Waals surface area contributed by atoms with Gasteiger partial charge in [-0.2, -0.15) is 0 Å². The summed E-state index contributed by atoms with van der Waals surface area (Å²) in [7, 11) is 0. The average Bonchev–Trinajstić information content (AvgIpc) is 3.30. The Morgan fingerprint density at radius 3 is 2.83 bits per heavy atom. The second kappa shape index (κ2) is 7.93. The van der Waals surface area contributed by atoms with Crippen LogP contribution in [0.25, 0.3) is 10.6 Å². The standard InChI is InChI=1S/C19H19NO3S/c1-2-11-22-16-9-7-15(8-10-16)18-20-17(13-24-18)19(21)23-12-14-5-3-4-6-14/h3,5-10,13H,2,4,11-12H2,1H3. The molecule has 0 atom stereocenters. The number of nitrogens with zero attached hydrogens (tertiary/aromatic N) is 1. The molecule has 1 heterocycles. The van der Waals surface area contributed by atoms with Crippen molar-refractivity contribution < 1.29 is 14.3 Å². The lowest BCUT2D eigenvalue weighted by atomic mass is 10.2. The van der Waals surface area contributed by atoms with Crippen molar-refractivity contribution in [2.45, 2.75) is 19.8 Å². The quantitative estimate of drug-likeness (QED) is 0.688. The number of carbonyl (C=O) groups is 1. The van der Waals surface area contributed by atoms with Crippen LogP contribution in [0.15, 0.2) is 53.4 Å². The van der Waals surface area contributed by atoms with E-state index < -0.39 is 0 Å². The van der Waals surface area contributed by atoms with E-state index in [9.17, 15) is 4.79 Å². The third-order valence-corrected chi connectivity index (χ3v) is 4.40. The zero-order valence-electron chi connectivity index (χ0n) is 13.5. The highest BCUT2D eigenvalue weighted by atomic mass is 32.1. The Hall–Kier alpha value is -2.40. The first-order valence-corrected chi connectivity index (χ1v) is 8.85. The van der Waals surface area contributed by atoms with Gasteiger partial charge in [0, 0.05) is 10.9 Å². The monoisotopic (exact) mass is 341 g/mol. The van der Waals surface area contributed by atoms with E-state index in [0.717, 1.165) is 34.7 Å². The first-order valence-electron chi connectivity index (χ1n) is 7.97. The second-order valence-corrected chi connectivity index (χ2v) is 6.26. The summed E-state index contributed by atoms with van der Waals surface area (Å²) in [6.07, 6.45) is 7.94. The lowest BCUT2D eigenvalue weighted by molar-refractivity contribution is 0.0537. The molecule has 0 saturated carbocycles. The Bertz CT molecular complexity index is 759. The van der Waals surface area contributed by atoms with Crippen LogP contribution in [0.4, 0.5) is 0 Å². The van der Waals surface area contributed by atoms with Crippen LogP contribution in [0.5, 0.6) is 5.75 Å². The number of hydrogen-bond acceptors (Lipinski definition) is 5. The van der Waals surface area contributed by atoms with Crippen LogP contribution in [0.2, 0.25) is 0 Å². The zero-order valence-corrected chi connectivity index (χ0v) is 14.3. The summed E-state index contributed by atoms with van der Waals surface area (Å²) < 4.78 is 10.9. The number of rotatable bonds is 7. The zero-order chi connectivity index (χ0) is 16.8. The van der Waals surface area contributed by atoms with Gasteiger partial charge in [-0.15, -0.1) is 11.3 Å². The van der Waals surface area contributed by atoms with Gasteiger partial charge >= 0.3 is 5.97 Å². The van der Waals surface area contributed by atoms with Gasteiger partial charge in [0.25, 0.3) is 0 Å². The molecule has 1 aromatic heterocycles. The van der Waals surface area contributed by atoms with Crippen molar-refractivity contribution in [1.29, 1.82) is 0 Å². The Morgan fingerprint density at radius 1 is 1.29 bits per heavy atom. The third kappa shape index (κ3) is 4.11. The number of ether oxygens (including phenoxy) is 2. The van der Waals surface area contributed by atoms with Crippen LogP contribution in [0, 0.1) is 0 Å². The average molecular weight is 341 g/mol. The fourth-order valence-corrected chi connectivity index (χ4v) is 3.05. The number of aromatic nitrogens is 1. The maximum atomic E-state index is 12.1. The minimum absolute atomic E-state index is 0.297. The molecule has 4 nitrogen and oxygen atoms in total. The van der Waals surface area contributed by atoms with E-state index >= 15 is 0 Å². The van der Waals surface area contributed by atoms with Crippen LogP contribution in [-0.4, -0.2) is 24.2 Å². The van der Waals surface area contributed by atoms with E-state index in [0.29, 0.717) is 18.9 Å². The molecular weight excluding hydrogens is 322 g/mol. The van der Waals surface area contributed by atoms with Gasteiger partial charge in [-0.25, -0.2) is 9.78 Å². The van der Waals surface area contributed by atoms with Crippen molar-refractivity contribution in [3.05, 3.63) is 59.1 Å². The fourth-order valence-electron chi connectivity index (χ4n) is 2.25. The molecule has 0 N–H and O–H groups in total. The van der Waals surface area contributed by atoms with Crippen LogP contribution >= 0.6 is 11.3 Å². The summed E-state index contributed by atoms with van der Waals surface area (Å²) in [5, 5.41) is 2.53. The largest absolute Gasteiger partial charge is 0.494 e. The summed E-state index contributed by atoms with van der Waals surface area (Å²) >= 11 is 1.43. The third-order valence-electron chi connectivity index (χ3n) is 3.51. The van der Waals surface area contributed by atoms with Crippen molar-refractivity contribution in [2.75, 3.05) is 13.2 Å². The molecule has 0 unspecified atom stereocenters. The highest BCUT2D eigenvalue weighted by Gasteiger charge is 2.14. The van der Waals surface area contributed by atoms with E-state index in [1.807, 2.05) is 42.5 Å². The lowest BCUT2D eigenvalue weighted by Gasteiger charge is -2.04. The Kier molecular flexibility index (Phi) is 5.43. The molecular formula is C19H19NO3S. The summed E-state index contributed by atoms with van der Waals surface area (Å²) in [4.78, 5) is 16.5. The molecule has 3 rings (SSSR count). The molecule has 1 aliphatic carbocycles. The molecule has 24 heavy (non-hydrogen) atoms. The van der Waals surface area contributed by atoms with Gasteiger partial charge in [-0.1, -0.05) is 25.2 Å². The van der Waals surface area contributed by atoms with Crippen molar-refractivity contribution in [3.8, 4) is 16.3 Å². The predicted octanol–water partition coefficient (Wildman–Crippen LogP) is 4.64. The first kappa shape index (κ1) is 16.5. The number of hydrogen-bond donors (Lipinski definition) is 0. The number of thiazole rings is 1. The normalized spacial score (nSPS) is 13.0. The highest BCUT2D eigenvalue weighted by molar-refractivity contribution is 7.13. The number of carbonyl (C=O) groups excluding carboxylic acids is 1. The molecule has 0 fully saturated rings. The molecule has 2 aromatic rings. The molecule has 0 spiro atoms. The van der Waals surface area contributed by atoms with Crippen LogP contribution in [0.3, 0.4) is 0 Å². The summed E-state index contributed by atoms with van der Waals surface area (Å²) in [5.41, 5.74) is 2.34. The first-order chi connectivity index (χ1) is 11.8. The summed E-state index contributed by atoms with van der Waals surface area (Å²) in [6.45, 7) is 3.08. The van der Waals surface area contributed by atoms with Crippen LogP contribution in [0.1, 0.15) is 30.3 Å². The molecule has 124 valence electrons. The van der Waals surface area contributed by atoms with Crippen molar-refractivity contribution in [2.24, 2.45) is 0 Å². The molecule has 0 aliphatic heterocycles. The molecule has 0 bridgehead atoms. The SMILES string of the molecule is CCCOc1ccc(-c2nc(C(=O)OCC3=CCC=C3)cs2)cc1. The van der Waals surface area contributed by atoms with Gasteiger partial charge < -0.3 is 9.47 Å². The van der Waals surface area contributed by atoms with Crippen molar-refractivity contribution >= 4 is 17.3 Å². The maximum absolute atomic E-state index is 12.1. The Morgan fingerprint density at radius 2 is 2.12 bits per heavy atom. The Labute approximate surface area is 145 Å².